The Balaban J connectivity index is 0.000000170. The van der Waals surface area contributed by atoms with E-state index in [-0.39, 0.29) is 11.9 Å². The third-order valence-corrected chi connectivity index (χ3v) is 10.5. The standard InChI is InChI=1S/C15H18BrN3O2S.C9H13ClN2S.C7H7BrO2/c1-21-14(20)13-7-11(16)8-19(13)9-12-10-22-15(17-12)18-5-3-2-4-6-18;10-6-8-7-13-9(11-8)12-4-2-1-3-5-12;1-10-7(9)5-2-3-6(8)4-5/h7-8,10H,2-6,9H2,1H3;7H,1-6H2;3-4H,2H2,1H3. The number of hydrogen-bond acceptors (Lipinski definition) is 10. The molecule has 2 aliphatic heterocycles. The van der Waals surface area contributed by atoms with Crippen molar-refractivity contribution in [3.05, 3.63) is 66.8 Å². The Morgan fingerprint density at radius 2 is 1.42 bits per heavy atom. The van der Waals surface area contributed by atoms with Gasteiger partial charge in [0.2, 0.25) is 0 Å². The predicted molar refractivity (Wildman–Crippen MR) is 190 cm³/mol. The van der Waals surface area contributed by atoms with Crippen molar-refractivity contribution in [3.8, 4) is 0 Å². The van der Waals surface area contributed by atoms with Gasteiger partial charge in [-0.1, -0.05) is 22.0 Å². The number of halogens is 3. The van der Waals surface area contributed by atoms with E-state index in [0.29, 0.717) is 30.1 Å². The van der Waals surface area contributed by atoms with Crippen LogP contribution in [0.25, 0.3) is 0 Å². The smallest absolute Gasteiger partial charge is 0.354 e. The van der Waals surface area contributed by atoms with Gasteiger partial charge in [0.1, 0.15) is 5.69 Å². The highest BCUT2D eigenvalue weighted by Gasteiger charge is 2.18. The fourth-order valence-corrected chi connectivity index (χ4v) is 7.89. The van der Waals surface area contributed by atoms with Gasteiger partial charge >= 0.3 is 11.9 Å². The van der Waals surface area contributed by atoms with Crippen molar-refractivity contribution in [2.24, 2.45) is 0 Å². The first-order valence-corrected chi connectivity index (χ1v) is 18.7. The predicted octanol–water partition coefficient (Wildman–Crippen LogP) is 8.17. The number of anilines is 2. The fraction of sp³-hybridized carbons (Fsp3) is 0.484. The molecule has 0 radical (unpaired) electrons. The molecule has 3 aromatic heterocycles. The van der Waals surface area contributed by atoms with Crippen molar-refractivity contribution >= 4 is 88.3 Å². The van der Waals surface area contributed by atoms with E-state index in [9.17, 15) is 9.59 Å². The maximum atomic E-state index is 11.8. The van der Waals surface area contributed by atoms with Crippen molar-refractivity contribution in [3.63, 3.8) is 0 Å². The van der Waals surface area contributed by atoms with Crippen LogP contribution in [0.5, 0.6) is 0 Å². The third kappa shape index (κ3) is 10.7. The average Bonchev–Trinajstić information content (AvgIpc) is 3.90. The lowest BCUT2D eigenvalue weighted by atomic mass is 10.1. The van der Waals surface area contributed by atoms with Gasteiger partial charge < -0.3 is 23.8 Å². The Kier molecular flexibility index (Phi) is 14.4. The molecule has 0 bridgehead atoms. The van der Waals surface area contributed by atoms with Crippen LogP contribution in [0.4, 0.5) is 10.3 Å². The highest BCUT2D eigenvalue weighted by molar-refractivity contribution is 9.12. The number of thiazole rings is 2. The van der Waals surface area contributed by atoms with Gasteiger partial charge in [0, 0.05) is 57.7 Å². The van der Waals surface area contributed by atoms with Gasteiger partial charge in [0.15, 0.2) is 10.3 Å². The topological polar surface area (TPSA) is 89.8 Å². The van der Waals surface area contributed by atoms with Gasteiger partial charge in [0.05, 0.1) is 38.0 Å². The molecule has 244 valence electrons. The molecule has 2 fully saturated rings. The van der Waals surface area contributed by atoms with Crippen LogP contribution in [-0.2, 0) is 26.7 Å². The summed E-state index contributed by atoms with van der Waals surface area (Å²) in [6.07, 6.45) is 14.0. The molecule has 0 N–H and O–H groups in total. The lowest BCUT2D eigenvalue weighted by Gasteiger charge is -2.25. The molecule has 14 heteroatoms. The zero-order valence-electron chi connectivity index (χ0n) is 25.5. The van der Waals surface area contributed by atoms with E-state index in [1.165, 1.54) is 52.7 Å². The Morgan fingerprint density at radius 1 is 0.867 bits per heavy atom. The van der Waals surface area contributed by atoms with Crippen molar-refractivity contribution in [1.29, 1.82) is 0 Å². The van der Waals surface area contributed by atoms with Crippen molar-refractivity contribution in [2.75, 3.05) is 50.2 Å². The number of piperidine rings is 2. The molecule has 0 saturated carbocycles. The zero-order valence-corrected chi connectivity index (χ0v) is 31.0. The molecule has 0 unspecified atom stereocenters. The normalized spacial score (nSPS) is 16.1. The van der Waals surface area contributed by atoms with Gasteiger partial charge in [-0.25, -0.2) is 19.6 Å². The van der Waals surface area contributed by atoms with E-state index in [0.717, 1.165) is 56.8 Å². The maximum Gasteiger partial charge on any atom is 0.354 e. The van der Waals surface area contributed by atoms with Crippen LogP contribution < -0.4 is 9.80 Å². The number of hydrogen-bond donors (Lipinski definition) is 0. The van der Waals surface area contributed by atoms with Crippen LogP contribution in [-0.4, -0.2) is 66.9 Å². The number of carbonyl (C=O) groups excluding carboxylic acids is 2. The Hall–Kier alpha value is -2.19. The highest BCUT2D eigenvalue weighted by atomic mass is 79.9. The lowest BCUT2D eigenvalue weighted by molar-refractivity contribution is -0.136. The van der Waals surface area contributed by atoms with Crippen molar-refractivity contribution in [1.82, 2.24) is 14.5 Å². The van der Waals surface area contributed by atoms with Crippen LogP contribution in [0.1, 0.15) is 66.8 Å². The summed E-state index contributed by atoms with van der Waals surface area (Å²) in [5, 5.41) is 6.35. The van der Waals surface area contributed by atoms with E-state index in [2.05, 4.69) is 62.1 Å². The minimum absolute atomic E-state index is 0.245. The van der Waals surface area contributed by atoms with E-state index in [1.807, 2.05) is 16.8 Å². The molecule has 6 rings (SSSR count). The van der Waals surface area contributed by atoms with Gasteiger partial charge in [-0.3, -0.25) is 0 Å². The molecule has 3 aliphatic rings. The summed E-state index contributed by atoms with van der Waals surface area (Å²) in [5.41, 5.74) is 3.21. The number of allylic oxidation sites excluding steroid dienone is 3. The second-order valence-corrected chi connectivity index (χ2v) is 14.4. The summed E-state index contributed by atoms with van der Waals surface area (Å²) in [6, 6.07) is 1.77. The van der Waals surface area contributed by atoms with Crippen molar-refractivity contribution in [2.45, 2.75) is 57.4 Å². The van der Waals surface area contributed by atoms with E-state index in [1.54, 1.807) is 34.8 Å². The maximum absolute atomic E-state index is 11.8. The lowest BCUT2D eigenvalue weighted by Crippen LogP contribution is -2.29. The average molecular weight is 804 g/mol. The number of carbonyl (C=O) groups is 2. The molecule has 1 aliphatic carbocycles. The third-order valence-electron chi connectivity index (χ3n) is 7.34. The minimum Gasteiger partial charge on any atom is -0.466 e. The van der Waals surface area contributed by atoms with Crippen LogP contribution in [0.15, 0.2) is 49.7 Å². The Morgan fingerprint density at radius 3 is 1.91 bits per heavy atom. The van der Waals surface area contributed by atoms with Crippen LogP contribution in [0.2, 0.25) is 0 Å². The summed E-state index contributed by atoms with van der Waals surface area (Å²) in [5.74, 6) is -0.0486. The van der Waals surface area contributed by atoms with E-state index in [4.69, 9.17) is 21.3 Å². The minimum atomic E-state index is -0.336. The first-order valence-electron chi connectivity index (χ1n) is 14.8. The summed E-state index contributed by atoms with van der Waals surface area (Å²) >= 11 is 15.8. The number of alkyl halides is 1. The Bertz CT molecular complexity index is 1480. The SMILES string of the molecule is COC(=O)C1=CC(Br)=CC1.COC(=O)c1cc(Br)cn1Cc1csc(N2CCCCC2)n1.ClCc1csc(N2CCCCC2)n1. The monoisotopic (exact) mass is 801 g/mol. The van der Waals surface area contributed by atoms with Crippen LogP contribution in [0.3, 0.4) is 0 Å². The molecule has 45 heavy (non-hydrogen) atoms. The first-order chi connectivity index (χ1) is 21.8. The molecule has 0 aromatic carbocycles. The summed E-state index contributed by atoms with van der Waals surface area (Å²) in [6.45, 7) is 5.08. The van der Waals surface area contributed by atoms with Gasteiger partial charge in [0.25, 0.3) is 0 Å². The molecule has 0 atom stereocenters. The molecule has 9 nitrogen and oxygen atoms in total. The highest BCUT2D eigenvalue weighted by Crippen LogP contribution is 2.26. The summed E-state index contributed by atoms with van der Waals surface area (Å²) in [4.78, 5) is 36.5. The summed E-state index contributed by atoms with van der Waals surface area (Å²) < 4.78 is 13.0. The molecular weight excluding hydrogens is 766 g/mol. The van der Waals surface area contributed by atoms with Gasteiger partial charge in [-0.05, 0) is 73.0 Å². The zero-order chi connectivity index (χ0) is 32.2. The molecule has 3 aromatic rings. The Labute approximate surface area is 294 Å². The molecule has 2 saturated heterocycles. The number of rotatable bonds is 7. The number of esters is 2. The second-order valence-electron chi connectivity index (χ2n) is 10.6. The van der Waals surface area contributed by atoms with Gasteiger partial charge in [-0.2, -0.15) is 0 Å². The number of aromatic nitrogens is 3. The largest absolute Gasteiger partial charge is 0.466 e. The number of ether oxygens (including phenoxy) is 2. The van der Waals surface area contributed by atoms with Crippen molar-refractivity contribution < 1.29 is 19.1 Å². The summed E-state index contributed by atoms with van der Waals surface area (Å²) in [7, 11) is 2.78. The second kappa shape index (κ2) is 18.2. The van der Waals surface area contributed by atoms with Gasteiger partial charge in [-0.15, -0.1) is 34.3 Å². The molecule has 0 amide bonds. The molecular formula is C31H38Br2ClN5O4S2. The molecule has 5 heterocycles. The van der Waals surface area contributed by atoms with Crippen LogP contribution >= 0.6 is 66.1 Å². The first kappa shape index (κ1) is 35.7. The number of nitrogens with zero attached hydrogens (tertiary/aromatic N) is 5. The quantitative estimate of drug-likeness (QED) is 0.175. The fourth-order valence-electron chi connectivity index (χ4n) is 5.01. The number of methoxy groups -OCH3 is 2. The molecule has 0 spiro atoms. The van der Waals surface area contributed by atoms with E-state index < -0.39 is 0 Å². The van der Waals surface area contributed by atoms with Crippen LogP contribution in [0, 0.1) is 0 Å². The van der Waals surface area contributed by atoms with E-state index >= 15 is 0 Å².